The molecule has 0 bridgehead atoms. The summed E-state index contributed by atoms with van der Waals surface area (Å²) in [5, 5.41) is 24.0. The number of amides is 1. The maximum atomic E-state index is 10.9. The van der Waals surface area contributed by atoms with Gasteiger partial charge >= 0.3 is 0 Å². The summed E-state index contributed by atoms with van der Waals surface area (Å²) in [6, 6.07) is 0.341. The second-order valence-corrected chi connectivity index (χ2v) is 6.73. The van der Waals surface area contributed by atoms with Crippen molar-refractivity contribution in [1.82, 2.24) is 15.5 Å². The molecule has 1 saturated heterocycles. The first-order chi connectivity index (χ1) is 11.7. The summed E-state index contributed by atoms with van der Waals surface area (Å²) in [4.78, 5) is 13.2. The molecule has 4 N–H and O–H groups in total. The Hall–Kier alpha value is -2.08. The quantitative estimate of drug-likeness (QED) is 0.574. The maximum Gasteiger partial charge on any atom is 0.211 e. The Morgan fingerprint density at radius 1 is 1.17 bits per heavy atom. The van der Waals surface area contributed by atoms with Crippen LogP contribution < -0.4 is 10.6 Å². The molecule has 0 spiro atoms. The van der Waals surface area contributed by atoms with Crippen LogP contribution in [0.3, 0.4) is 0 Å². The van der Waals surface area contributed by atoms with Crippen LogP contribution in [0.15, 0.2) is 35.3 Å². The standard InChI is InChI=1S/C18H26N4O2/c19-16-10-18(22-7-1-2-8-22)17(21-12-23)9-13(16)11-20-14-3-5-15(24)6-4-14/h9-12,14-15,19-20,24H,1-8H2,(H,21,23)/b13-11-,19-16?. The van der Waals surface area contributed by atoms with E-state index in [0.717, 1.165) is 68.6 Å². The highest BCUT2D eigenvalue weighted by Crippen LogP contribution is 2.25. The zero-order valence-electron chi connectivity index (χ0n) is 13.9. The molecule has 6 nitrogen and oxygen atoms in total. The minimum atomic E-state index is -0.169. The Morgan fingerprint density at radius 3 is 2.54 bits per heavy atom. The molecule has 3 rings (SSSR count). The lowest BCUT2D eigenvalue weighted by Gasteiger charge is -2.28. The summed E-state index contributed by atoms with van der Waals surface area (Å²) in [6.45, 7) is 1.94. The van der Waals surface area contributed by atoms with Gasteiger partial charge in [-0.15, -0.1) is 0 Å². The molecule has 24 heavy (non-hydrogen) atoms. The molecule has 0 unspecified atom stereocenters. The summed E-state index contributed by atoms with van der Waals surface area (Å²) in [7, 11) is 0. The van der Waals surface area contributed by atoms with Crippen molar-refractivity contribution in [2.24, 2.45) is 0 Å². The second-order valence-electron chi connectivity index (χ2n) is 6.73. The van der Waals surface area contributed by atoms with Crippen molar-refractivity contribution in [2.45, 2.75) is 50.7 Å². The van der Waals surface area contributed by atoms with Crippen LogP contribution in [0.4, 0.5) is 0 Å². The molecule has 0 radical (unpaired) electrons. The normalized spacial score (nSPS) is 29.3. The Balaban J connectivity index is 1.71. The fraction of sp³-hybridized carbons (Fsp3) is 0.556. The summed E-state index contributed by atoms with van der Waals surface area (Å²) < 4.78 is 0. The van der Waals surface area contributed by atoms with Crippen LogP contribution >= 0.6 is 0 Å². The van der Waals surface area contributed by atoms with E-state index in [9.17, 15) is 9.90 Å². The first-order valence-electron chi connectivity index (χ1n) is 8.79. The molecule has 3 aliphatic rings. The van der Waals surface area contributed by atoms with Crippen molar-refractivity contribution in [3.8, 4) is 0 Å². The minimum Gasteiger partial charge on any atom is -0.393 e. The lowest BCUT2D eigenvalue weighted by molar-refractivity contribution is -0.108. The van der Waals surface area contributed by atoms with E-state index in [1.54, 1.807) is 0 Å². The number of hydrogen-bond donors (Lipinski definition) is 4. The third-order valence-corrected chi connectivity index (χ3v) is 5.00. The molecule has 1 saturated carbocycles. The molecule has 0 aromatic carbocycles. The van der Waals surface area contributed by atoms with Gasteiger partial charge in [0.05, 0.1) is 23.2 Å². The van der Waals surface area contributed by atoms with Crippen LogP contribution in [0.25, 0.3) is 0 Å². The van der Waals surface area contributed by atoms with Crippen LogP contribution in [0.2, 0.25) is 0 Å². The van der Waals surface area contributed by atoms with Gasteiger partial charge < -0.3 is 26.0 Å². The summed E-state index contributed by atoms with van der Waals surface area (Å²) in [6.07, 6.45) is 11.9. The van der Waals surface area contributed by atoms with Gasteiger partial charge in [0.15, 0.2) is 0 Å². The van der Waals surface area contributed by atoms with E-state index in [2.05, 4.69) is 15.5 Å². The molecule has 1 amide bonds. The van der Waals surface area contributed by atoms with E-state index in [1.807, 2.05) is 18.4 Å². The Bertz CT molecular complexity index is 580. The average Bonchev–Trinajstić information content (AvgIpc) is 3.11. The third-order valence-electron chi connectivity index (χ3n) is 5.00. The second kappa shape index (κ2) is 7.66. The topological polar surface area (TPSA) is 88.5 Å². The van der Waals surface area contributed by atoms with Gasteiger partial charge in [-0.05, 0) is 50.7 Å². The zero-order chi connectivity index (χ0) is 16.9. The maximum absolute atomic E-state index is 10.9. The molecule has 6 heteroatoms. The number of aliphatic hydroxyl groups excluding tert-OH is 1. The van der Waals surface area contributed by atoms with Gasteiger partial charge in [0.2, 0.25) is 6.41 Å². The van der Waals surface area contributed by atoms with Crippen molar-refractivity contribution < 1.29 is 9.90 Å². The number of rotatable bonds is 5. The van der Waals surface area contributed by atoms with E-state index >= 15 is 0 Å². The van der Waals surface area contributed by atoms with E-state index in [4.69, 9.17) is 5.41 Å². The molecular weight excluding hydrogens is 304 g/mol. The predicted molar refractivity (Wildman–Crippen MR) is 93.4 cm³/mol. The molecule has 2 aliphatic carbocycles. The first kappa shape index (κ1) is 16.8. The molecule has 2 fully saturated rings. The lowest BCUT2D eigenvalue weighted by Crippen LogP contribution is -2.32. The van der Waals surface area contributed by atoms with Gasteiger partial charge in [0.25, 0.3) is 0 Å². The fourth-order valence-electron chi connectivity index (χ4n) is 3.57. The largest absolute Gasteiger partial charge is 0.393 e. The van der Waals surface area contributed by atoms with Crippen LogP contribution in [0.5, 0.6) is 0 Å². The summed E-state index contributed by atoms with van der Waals surface area (Å²) in [5.74, 6) is 0. The molecule has 0 aromatic heterocycles. The molecule has 1 heterocycles. The van der Waals surface area contributed by atoms with Gasteiger partial charge in [-0.3, -0.25) is 4.79 Å². The van der Waals surface area contributed by atoms with Crippen molar-refractivity contribution in [1.29, 1.82) is 5.41 Å². The van der Waals surface area contributed by atoms with Crippen LogP contribution in [-0.2, 0) is 4.79 Å². The number of aliphatic hydroxyl groups is 1. The number of nitrogens with one attached hydrogen (secondary N) is 3. The number of carbonyl (C=O) groups is 1. The average molecular weight is 330 g/mol. The van der Waals surface area contributed by atoms with E-state index in [0.29, 0.717) is 18.2 Å². The van der Waals surface area contributed by atoms with Crippen LogP contribution in [0, 0.1) is 5.41 Å². The SMILES string of the molecule is N=C1C=C(N2CCCC2)C(NC=O)=C/C1=C/NC1CCC(O)CC1. The van der Waals surface area contributed by atoms with Crippen LogP contribution in [0.1, 0.15) is 38.5 Å². The lowest BCUT2D eigenvalue weighted by atomic mass is 9.93. The first-order valence-corrected chi connectivity index (χ1v) is 8.79. The summed E-state index contributed by atoms with van der Waals surface area (Å²) in [5.41, 5.74) is 2.92. The Kier molecular flexibility index (Phi) is 5.35. The molecule has 1 aliphatic heterocycles. The molecule has 130 valence electrons. The smallest absolute Gasteiger partial charge is 0.211 e. The van der Waals surface area contributed by atoms with E-state index in [1.165, 1.54) is 0 Å². The van der Waals surface area contributed by atoms with Crippen molar-refractivity contribution in [2.75, 3.05) is 13.1 Å². The van der Waals surface area contributed by atoms with Gasteiger partial charge in [0, 0.05) is 30.9 Å². The number of nitrogens with zero attached hydrogens (tertiary/aromatic N) is 1. The highest BCUT2D eigenvalue weighted by Gasteiger charge is 2.23. The van der Waals surface area contributed by atoms with Crippen molar-refractivity contribution in [3.05, 3.63) is 35.3 Å². The number of allylic oxidation sites excluding steroid dienone is 3. The Morgan fingerprint density at radius 2 is 1.88 bits per heavy atom. The zero-order valence-corrected chi connectivity index (χ0v) is 13.9. The van der Waals surface area contributed by atoms with Crippen molar-refractivity contribution >= 4 is 12.1 Å². The number of hydrogen-bond acceptors (Lipinski definition) is 5. The minimum absolute atomic E-state index is 0.169. The van der Waals surface area contributed by atoms with Gasteiger partial charge in [-0.25, -0.2) is 0 Å². The summed E-state index contributed by atoms with van der Waals surface area (Å²) >= 11 is 0. The monoisotopic (exact) mass is 330 g/mol. The van der Waals surface area contributed by atoms with Gasteiger partial charge in [-0.2, -0.15) is 0 Å². The number of carbonyl (C=O) groups excluding carboxylic acids is 1. The van der Waals surface area contributed by atoms with Gasteiger partial charge in [0.1, 0.15) is 0 Å². The highest BCUT2D eigenvalue weighted by molar-refractivity contribution is 6.10. The van der Waals surface area contributed by atoms with Crippen molar-refractivity contribution in [3.63, 3.8) is 0 Å². The Labute approximate surface area is 142 Å². The van der Waals surface area contributed by atoms with Gasteiger partial charge in [-0.1, -0.05) is 0 Å². The predicted octanol–water partition coefficient (Wildman–Crippen LogP) is 1.41. The molecule has 0 aromatic rings. The highest BCUT2D eigenvalue weighted by atomic mass is 16.3. The van der Waals surface area contributed by atoms with Crippen LogP contribution in [-0.4, -0.2) is 47.4 Å². The molecule has 0 atom stereocenters. The fourth-order valence-corrected chi connectivity index (χ4v) is 3.57. The third kappa shape index (κ3) is 3.87. The van der Waals surface area contributed by atoms with E-state index in [-0.39, 0.29) is 6.10 Å². The molecular formula is C18H26N4O2. The number of likely N-dealkylation sites (tertiary alicyclic amines) is 1. The van der Waals surface area contributed by atoms with E-state index < -0.39 is 0 Å².